The molecule has 0 aliphatic heterocycles. The maximum atomic E-state index is 11.6. The van der Waals surface area contributed by atoms with Crippen LogP contribution in [0.4, 0.5) is 0 Å². The van der Waals surface area contributed by atoms with Crippen LogP contribution in [0.5, 0.6) is 0 Å². The third kappa shape index (κ3) is 3.62. The molecule has 2 amide bonds. The van der Waals surface area contributed by atoms with E-state index in [9.17, 15) is 9.59 Å². The topological polar surface area (TPSA) is 71.1 Å². The third-order valence-electron chi connectivity index (χ3n) is 1.79. The Morgan fingerprint density at radius 3 is 2.81 bits per heavy atom. The van der Waals surface area contributed by atoms with Crippen LogP contribution in [0.2, 0.25) is 0 Å². The molecule has 0 aliphatic carbocycles. The number of amides is 2. The number of likely N-dealkylation sites (N-methyl/N-ethyl adjacent to an activating group) is 1. The first-order valence-electron chi connectivity index (χ1n) is 4.80. The molecule has 0 aliphatic rings. The molecule has 16 heavy (non-hydrogen) atoms. The van der Waals surface area contributed by atoms with Crippen LogP contribution < -0.4 is 10.6 Å². The summed E-state index contributed by atoms with van der Waals surface area (Å²) in [6, 6.07) is 3.29. The number of carbonyl (C=O) groups excluding carboxylic acids is 2. The molecule has 6 heteroatoms. The first kappa shape index (κ1) is 12.6. The fourth-order valence-corrected chi connectivity index (χ4v) is 1.50. The number of nitrogens with one attached hydrogen (secondary N) is 2. The number of carbonyl (C=O) groups is 2. The molecule has 0 atom stereocenters. The summed E-state index contributed by atoms with van der Waals surface area (Å²) in [5.74, 6) is -0.540. The van der Waals surface area contributed by atoms with Crippen LogP contribution in [0.15, 0.2) is 22.9 Å². The van der Waals surface area contributed by atoms with Gasteiger partial charge in [0, 0.05) is 12.7 Å². The predicted molar refractivity (Wildman–Crippen MR) is 63.0 cm³/mol. The average Bonchev–Trinajstić information content (AvgIpc) is 2.27. The minimum absolute atomic E-state index is 0.0337. The number of aromatic nitrogens is 1. The lowest BCUT2D eigenvalue weighted by atomic mass is 10.3. The van der Waals surface area contributed by atoms with E-state index in [1.165, 1.54) is 0 Å². The molecule has 2 N–H and O–H groups in total. The van der Waals surface area contributed by atoms with E-state index >= 15 is 0 Å². The zero-order valence-corrected chi connectivity index (χ0v) is 10.4. The largest absolute Gasteiger partial charge is 0.355 e. The Hall–Kier alpha value is -1.43. The molecule has 0 bridgehead atoms. The summed E-state index contributed by atoms with van der Waals surface area (Å²) in [7, 11) is 0. The van der Waals surface area contributed by atoms with Crippen LogP contribution in [0, 0.1) is 0 Å². The van der Waals surface area contributed by atoms with Crippen molar-refractivity contribution in [1.29, 1.82) is 0 Å². The average molecular weight is 286 g/mol. The molecule has 0 spiro atoms. The van der Waals surface area contributed by atoms with Gasteiger partial charge in [0.05, 0.1) is 12.1 Å². The van der Waals surface area contributed by atoms with E-state index in [0.29, 0.717) is 16.7 Å². The second-order valence-corrected chi connectivity index (χ2v) is 3.73. The van der Waals surface area contributed by atoms with Gasteiger partial charge < -0.3 is 10.6 Å². The van der Waals surface area contributed by atoms with E-state index in [-0.39, 0.29) is 18.4 Å². The first-order valence-corrected chi connectivity index (χ1v) is 5.60. The van der Waals surface area contributed by atoms with E-state index in [1.807, 2.05) is 6.92 Å². The Labute approximate surface area is 102 Å². The molecule has 1 heterocycles. The number of rotatable bonds is 4. The van der Waals surface area contributed by atoms with E-state index in [2.05, 4.69) is 31.5 Å². The summed E-state index contributed by atoms with van der Waals surface area (Å²) >= 11 is 3.16. The molecule has 0 saturated heterocycles. The minimum atomic E-state index is -0.328. The maximum Gasteiger partial charge on any atom is 0.254 e. The Bertz CT molecular complexity index is 395. The van der Waals surface area contributed by atoms with Gasteiger partial charge in [0.15, 0.2) is 0 Å². The number of hydrogen-bond donors (Lipinski definition) is 2. The molecule has 86 valence electrons. The molecule has 0 radical (unpaired) electrons. The lowest BCUT2D eigenvalue weighted by molar-refractivity contribution is -0.120. The van der Waals surface area contributed by atoms with Gasteiger partial charge in [-0.15, -0.1) is 0 Å². The fourth-order valence-electron chi connectivity index (χ4n) is 1.07. The molecule has 1 rings (SSSR count). The second kappa shape index (κ2) is 6.22. The van der Waals surface area contributed by atoms with Gasteiger partial charge in [-0.2, -0.15) is 0 Å². The van der Waals surface area contributed by atoms with Crippen LogP contribution in [-0.4, -0.2) is 29.9 Å². The molecule has 1 aromatic rings. The molecule has 5 nitrogen and oxygen atoms in total. The number of hydrogen-bond acceptors (Lipinski definition) is 3. The second-order valence-electron chi connectivity index (χ2n) is 2.98. The molecule has 0 aromatic carbocycles. The quantitative estimate of drug-likeness (QED) is 0.801. The van der Waals surface area contributed by atoms with E-state index in [4.69, 9.17) is 0 Å². The Morgan fingerprint density at radius 1 is 1.44 bits per heavy atom. The highest BCUT2D eigenvalue weighted by atomic mass is 79.9. The summed E-state index contributed by atoms with van der Waals surface area (Å²) in [6.07, 6.45) is 1.57. The number of pyridine rings is 1. The monoisotopic (exact) mass is 285 g/mol. The predicted octanol–water partition coefficient (Wildman–Crippen LogP) is 0.710. The normalized spacial score (nSPS) is 9.62. The fraction of sp³-hybridized carbons (Fsp3) is 0.300. The van der Waals surface area contributed by atoms with Crippen molar-refractivity contribution in [3.63, 3.8) is 0 Å². The molecular weight excluding hydrogens is 274 g/mol. The van der Waals surface area contributed by atoms with Gasteiger partial charge in [0.1, 0.15) is 4.60 Å². The van der Waals surface area contributed by atoms with Crippen molar-refractivity contribution in [3.05, 3.63) is 28.5 Å². The van der Waals surface area contributed by atoms with Crippen LogP contribution in [-0.2, 0) is 4.79 Å². The van der Waals surface area contributed by atoms with Crippen molar-refractivity contribution < 1.29 is 9.59 Å². The van der Waals surface area contributed by atoms with E-state index < -0.39 is 0 Å². The number of halogens is 1. The van der Waals surface area contributed by atoms with Crippen molar-refractivity contribution in [2.75, 3.05) is 13.1 Å². The van der Waals surface area contributed by atoms with E-state index in [0.717, 1.165) is 0 Å². The summed E-state index contributed by atoms with van der Waals surface area (Å²) in [6.45, 7) is 2.33. The highest BCUT2D eigenvalue weighted by molar-refractivity contribution is 9.10. The van der Waals surface area contributed by atoms with Crippen molar-refractivity contribution in [2.24, 2.45) is 0 Å². The van der Waals surface area contributed by atoms with Crippen LogP contribution >= 0.6 is 15.9 Å². The molecule has 0 fully saturated rings. The van der Waals surface area contributed by atoms with Crippen LogP contribution in [0.25, 0.3) is 0 Å². The Morgan fingerprint density at radius 2 is 2.19 bits per heavy atom. The lowest BCUT2D eigenvalue weighted by Crippen LogP contribution is -2.36. The zero-order chi connectivity index (χ0) is 12.0. The molecule has 1 aromatic heterocycles. The van der Waals surface area contributed by atoms with Crippen LogP contribution in [0.3, 0.4) is 0 Å². The Balaban J connectivity index is 2.54. The maximum absolute atomic E-state index is 11.6. The van der Waals surface area contributed by atoms with Gasteiger partial charge in [-0.3, -0.25) is 9.59 Å². The lowest BCUT2D eigenvalue weighted by Gasteiger charge is -2.05. The first-order chi connectivity index (χ1) is 7.65. The summed E-state index contributed by atoms with van der Waals surface area (Å²) in [4.78, 5) is 26.6. The van der Waals surface area contributed by atoms with Gasteiger partial charge in [0.25, 0.3) is 5.91 Å². The summed E-state index contributed by atoms with van der Waals surface area (Å²) < 4.78 is 0.461. The van der Waals surface area contributed by atoms with Gasteiger partial charge in [0.2, 0.25) is 5.91 Å². The third-order valence-corrected chi connectivity index (χ3v) is 2.42. The smallest absolute Gasteiger partial charge is 0.254 e. The zero-order valence-electron chi connectivity index (χ0n) is 8.79. The number of nitrogens with zero attached hydrogens (tertiary/aromatic N) is 1. The minimum Gasteiger partial charge on any atom is -0.355 e. The van der Waals surface area contributed by atoms with Crippen molar-refractivity contribution in [1.82, 2.24) is 15.6 Å². The Kier molecular flexibility index (Phi) is 4.91. The van der Waals surface area contributed by atoms with Crippen molar-refractivity contribution in [2.45, 2.75) is 6.92 Å². The summed E-state index contributed by atoms with van der Waals surface area (Å²) in [5.41, 5.74) is 0.409. The van der Waals surface area contributed by atoms with Gasteiger partial charge >= 0.3 is 0 Å². The molecular formula is C10H12BrN3O2. The van der Waals surface area contributed by atoms with Crippen molar-refractivity contribution in [3.8, 4) is 0 Å². The molecule has 0 saturated carbocycles. The molecule has 0 unspecified atom stereocenters. The summed E-state index contributed by atoms with van der Waals surface area (Å²) in [5, 5.41) is 5.09. The van der Waals surface area contributed by atoms with Gasteiger partial charge in [-0.1, -0.05) is 0 Å². The SMILES string of the molecule is CCNC(=O)CNC(=O)c1cccnc1Br. The highest BCUT2D eigenvalue weighted by Crippen LogP contribution is 2.11. The highest BCUT2D eigenvalue weighted by Gasteiger charge is 2.10. The standard InChI is InChI=1S/C10H12BrN3O2/c1-2-12-8(15)6-14-10(16)7-4-3-5-13-9(7)11/h3-5H,2,6H2,1H3,(H,12,15)(H,14,16). The van der Waals surface area contributed by atoms with E-state index in [1.54, 1.807) is 18.3 Å². The van der Waals surface area contributed by atoms with Gasteiger partial charge in [-0.25, -0.2) is 4.98 Å². The van der Waals surface area contributed by atoms with Crippen molar-refractivity contribution >= 4 is 27.7 Å². The van der Waals surface area contributed by atoms with Crippen LogP contribution in [0.1, 0.15) is 17.3 Å². The van der Waals surface area contributed by atoms with Gasteiger partial charge in [-0.05, 0) is 35.0 Å².